The Kier molecular flexibility index (Phi) is 5.10. The van der Waals surface area contributed by atoms with Gasteiger partial charge in [-0.05, 0) is 31.6 Å². The Morgan fingerprint density at radius 1 is 1.50 bits per heavy atom. The molecule has 0 radical (unpaired) electrons. The van der Waals surface area contributed by atoms with Crippen LogP contribution in [0.15, 0.2) is 5.38 Å². The van der Waals surface area contributed by atoms with E-state index in [1.807, 2.05) is 19.2 Å². The van der Waals surface area contributed by atoms with Gasteiger partial charge in [0.25, 0.3) is 5.91 Å². The van der Waals surface area contributed by atoms with Crippen LogP contribution in [0.5, 0.6) is 0 Å². The molecular weight excluding hydrogens is 300 g/mol. The summed E-state index contributed by atoms with van der Waals surface area (Å²) in [5.74, 6) is 0.618. The van der Waals surface area contributed by atoms with Gasteiger partial charge >= 0.3 is 0 Å². The Morgan fingerprint density at radius 3 is 2.95 bits per heavy atom. The number of nitrogens with one attached hydrogen (secondary N) is 1. The van der Waals surface area contributed by atoms with Crippen molar-refractivity contribution in [3.05, 3.63) is 11.1 Å². The summed E-state index contributed by atoms with van der Waals surface area (Å²) >= 11 is 1.50. The van der Waals surface area contributed by atoms with E-state index in [0.29, 0.717) is 17.7 Å². The number of carbonyl (C=O) groups excluding carboxylic acids is 1. The Bertz CT molecular complexity index is 507. The van der Waals surface area contributed by atoms with Crippen molar-refractivity contribution in [3.8, 4) is 0 Å². The number of nitrogens with zero attached hydrogens (tertiary/aromatic N) is 1. The van der Waals surface area contributed by atoms with Gasteiger partial charge in [0, 0.05) is 17.9 Å². The third-order valence-electron chi connectivity index (χ3n) is 4.10. The van der Waals surface area contributed by atoms with Crippen molar-refractivity contribution in [3.63, 3.8) is 0 Å². The summed E-state index contributed by atoms with van der Waals surface area (Å²) in [7, 11) is 0. The zero-order valence-electron chi connectivity index (χ0n) is 13.2. The number of anilines is 1. The topological polar surface area (TPSA) is 60.5 Å². The minimum absolute atomic E-state index is 0.107. The van der Waals surface area contributed by atoms with Crippen LogP contribution in [0.2, 0.25) is 0 Å². The van der Waals surface area contributed by atoms with E-state index in [-0.39, 0.29) is 17.9 Å². The maximum absolute atomic E-state index is 12.4. The molecule has 2 aliphatic rings. The molecule has 1 amide bonds. The molecule has 0 aromatic carbocycles. The quantitative estimate of drug-likeness (QED) is 0.837. The van der Waals surface area contributed by atoms with E-state index in [4.69, 9.17) is 9.47 Å². The molecule has 22 heavy (non-hydrogen) atoms. The van der Waals surface area contributed by atoms with Crippen LogP contribution in [0.1, 0.15) is 51.1 Å². The van der Waals surface area contributed by atoms with Crippen molar-refractivity contribution in [2.45, 2.75) is 57.7 Å². The Hall–Kier alpha value is -0.980. The highest BCUT2D eigenvalue weighted by Gasteiger charge is 2.28. The van der Waals surface area contributed by atoms with Crippen LogP contribution in [0.3, 0.4) is 0 Å². The van der Waals surface area contributed by atoms with Crippen LogP contribution in [0, 0.1) is 5.92 Å². The van der Waals surface area contributed by atoms with E-state index in [1.165, 1.54) is 24.2 Å². The molecule has 1 saturated heterocycles. The number of thiazole rings is 1. The molecule has 3 rings (SSSR count). The van der Waals surface area contributed by atoms with Gasteiger partial charge in [0.15, 0.2) is 5.13 Å². The van der Waals surface area contributed by atoms with E-state index < -0.39 is 6.10 Å². The molecule has 1 aliphatic heterocycles. The van der Waals surface area contributed by atoms with E-state index in [2.05, 4.69) is 10.3 Å². The minimum Gasteiger partial charge on any atom is -0.376 e. The Labute approximate surface area is 135 Å². The number of carbonyl (C=O) groups is 1. The van der Waals surface area contributed by atoms with Gasteiger partial charge in [0.2, 0.25) is 0 Å². The normalized spacial score (nSPS) is 23.0. The molecule has 1 saturated carbocycles. The third kappa shape index (κ3) is 4.06. The summed E-state index contributed by atoms with van der Waals surface area (Å²) in [6.45, 7) is 5.28. The van der Waals surface area contributed by atoms with Crippen LogP contribution >= 0.6 is 11.3 Å². The standard InChI is InChI=1S/C16H24N2O3S/c1-10(2)14(21-8-12-4-3-7-20-12)15(19)18-16-17-13(9-22-16)11-5-6-11/h9-12,14H,3-8H2,1-2H3,(H,17,18,19). The van der Waals surface area contributed by atoms with Gasteiger partial charge in [-0.2, -0.15) is 0 Å². The molecule has 0 spiro atoms. The van der Waals surface area contributed by atoms with Gasteiger partial charge < -0.3 is 9.47 Å². The van der Waals surface area contributed by atoms with Crippen molar-refractivity contribution >= 4 is 22.4 Å². The van der Waals surface area contributed by atoms with Crippen molar-refractivity contribution in [2.75, 3.05) is 18.5 Å². The van der Waals surface area contributed by atoms with Crippen LogP contribution in [-0.4, -0.2) is 36.3 Å². The minimum atomic E-state index is -0.461. The molecule has 0 bridgehead atoms. The molecule has 2 fully saturated rings. The lowest BCUT2D eigenvalue weighted by Gasteiger charge is -2.22. The number of aromatic nitrogens is 1. The van der Waals surface area contributed by atoms with Gasteiger partial charge in [-0.25, -0.2) is 4.98 Å². The molecular formula is C16H24N2O3S. The number of hydrogen-bond acceptors (Lipinski definition) is 5. The zero-order chi connectivity index (χ0) is 15.5. The average molecular weight is 324 g/mol. The van der Waals surface area contributed by atoms with Crippen molar-refractivity contribution in [1.29, 1.82) is 0 Å². The highest BCUT2D eigenvalue weighted by molar-refractivity contribution is 7.13. The van der Waals surface area contributed by atoms with Gasteiger partial charge in [0.05, 0.1) is 18.4 Å². The number of hydrogen-bond donors (Lipinski definition) is 1. The molecule has 2 unspecified atom stereocenters. The fourth-order valence-corrected chi connectivity index (χ4v) is 3.44. The lowest BCUT2D eigenvalue weighted by atomic mass is 10.1. The fraction of sp³-hybridized carbons (Fsp3) is 0.750. The first-order chi connectivity index (χ1) is 10.6. The smallest absolute Gasteiger partial charge is 0.255 e. The van der Waals surface area contributed by atoms with E-state index in [1.54, 1.807) is 0 Å². The lowest BCUT2D eigenvalue weighted by molar-refractivity contribution is -0.132. The Balaban J connectivity index is 1.53. The number of amides is 1. The molecule has 2 heterocycles. The second kappa shape index (κ2) is 7.06. The van der Waals surface area contributed by atoms with Crippen LogP contribution in [0.4, 0.5) is 5.13 Å². The molecule has 6 heteroatoms. The summed E-state index contributed by atoms with van der Waals surface area (Å²) in [6, 6.07) is 0. The zero-order valence-corrected chi connectivity index (χ0v) is 14.0. The molecule has 2 atom stereocenters. The third-order valence-corrected chi connectivity index (χ3v) is 4.87. The highest BCUT2D eigenvalue weighted by atomic mass is 32.1. The molecule has 1 aliphatic carbocycles. The monoisotopic (exact) mass is 324 g/mol. The van der Waals surface area contributed by atoms with Gasteiger partial charge in [-0.3, -0.25) is 10.1 Å². The molecule has 1 N–H and O–H groups in total. The Morgan fingerprint density at radius 2 is 2.32 bits per heavy atom. The first kappa shape index (κ1) is 15.9. The maximum atomic E-state index is 12.4. The molecule has 122 valence electrons. The molecule has 1 aromatic rings. The summed E-state index contributed by atoms with van der Waals surface area (Å²) in [5, 5.41) is 5.63. The first-order valence-electron chi connectivity index (χ1n) is 8.13. The van der Waals surface area contributed by atoms with Crippen LogP contribution < -0.4 is 5.32 Å². The van der Waals surface area contributed by atoms with Gasteiger partial charge in [-0.1, -0.05) is 13.8 Å². The SMILES string of the molecule is CC(C)C(OCC1CCCO1)C(=O)Nc1nc(C2CC2)cs1. The largest absolute Gasteiger partial charge is 0.376 e. The predicted molar refractivity (Wildman–Crippen MR) is 86.3 cm³/mol. The molecule has 1 aromatic heterocycles. The van der Waals surface area contributed by atoms with E-state index >= 15 is 0 Å². The predicted octanol–water partition coefficient (Wildman–Crippen LogP) is 3.18. The summed E-state index contributed by atoms with van der Waals surface area (Å²) < 4.78 is 11.4. The number of rotatable bonds is 7. The van der Waals surface area contributed by atoms with Gasteiger partial charge in [-0.15, -0.1) is 11.3 Å². The summed E-state index contributed by atoms with van der Waals surface area (Å²) in [4.78, 5) is 16.9. The van der Waals surface area contributed by atoms with Crippen LogP contribution in [-0.2, 0) is 14.3 Å². The maximum Gasteiger partial charge on any atom is 0.255 e. The first-order valence-corrected chi connectivity index (χ1v) is 9.01. The highest BCUT2D eigenvalue weighted by Crippen LogP contribution is 2.40. The summed E-state index contributed by atoms with van der Waals surface area (Å²) in [5.41, 5.74) is 1.11. The second-order valence-corrected chi connectivity index (χ2v) is 7.33. The van der Waals surface area contributed by atoms with Gasteiger partial charge in [0.1, 0.15) is 6.10 Å². The van der Waals surface area contributed by atoms with E-state index in [0.717, 1.165) is 25.1 Å². The van der Waals surface area contributed by atoms with Crippen molar-refractivity contribution in [2.24, 2.45) is 5.92 Å². The average Bonchev–Trinajstić information content (AvgIpc) is 2.99. The number of ether oxygens (including phenoxy) is 2. The molecule has 5 nitrogen and oxygen atoms in total. The van der Waals surface area contributed by atoms with Crippen molar-refractivity contribution in [1.82, 2.24) is 4.98 Å². The lowest BCUT2D eigenvalue weighted by Crippen LogP contribution is -2.36. The van der Waals surface area contributed by atoms with E-state index in [9.17, 15) is 4.79 Å². The summed E-state index contributed by atoms with van der Waals surface area (Å²) in [6.07, 6.45) is 4.21. The second-order valence-electron chi connectivity index (χ2n) is 6.47. The van der Waals surface area contributed by atoms with Crippen molar-refractivity contribution < 1.29 is 14.3 Å². The fourth-order valence-electron chi connectivity index (χ4n) is 2.64. The van der Waals surface area contributed by atoms with Crippen LogP contribution in [0.25, 0.3) is 0 Å².